The SMILES string of the molecule is C=C1C=C(OC)c2cccc(NC(C)=O)c2C1=O. The van der Waals surface area contributed by atoms with E-state index >= 15 is 0 Å². The van der Waals surface area contributed by atoms with Crippen molar-refractivity contribution in [3.05, 3.63) is 47.6 Å². The predicted molar refractivity (Wildman–Crippen MR) is 69.2 cm³/mol. The molecule has 18 heavy (non-hydrogen) atoms. The van der Waals surface area contributed by atoms with Crippen molar-refractivity contribution in [2.75, 3.05) is 12.4 Å². The second-order valence-electron chi connectivity index (χ2n) is 3.98. The molecule has 0 fully saturated rings. The van der Waals surface area contributed by atoms with E-state index in [4.69, 9.17) is 4.74 Å². The Hall–Kier alpha value is -2.36. The summed E-state index contributed by atoms with van der Waals surface area (Å²) in [6.07, 6.45) is 1.60. The van der Waals surface area contributed by atoms with Crippen LogP contribution in [-0.2, 0) is 9.53 Å². The third kappa shape index (κ3) is 1.93. The molecule has 0 unspecified atom stereocenters. The molecule has 1 N–H and O–H groups in total. The zero-order chi connectivity index (χ0) is 13.3. The summed E-state index contributed by atoms with van der Waals surface area (Å²) in [5.74, 6) is 0.146. The Morgan fingerprint density at radius 1 is 1.39 bits per heavy atom. The van der Waals surface area contributed by atoms with E-state index < -0.39 is 0 Å². The number of nitrogens with one attached hydrogen (secondary N) is 1. The first-order chi connectivity index (χ1) is 8.54. The van der Waals surface area contributed by atoms with E-state index in [1.807, 2.05) is 0 Å². The monoisotopic (exact) mass is 243 g/mol. The average Bonchev–Trinajstić information content (AvgIpc) is 2.33. The maximum atomic E-state index is 12.1. The van der Waals surface area contributed by atoms with Gasteiger partial charge in [-0.2, -0.15) is 0 Å². The van der Waals surface area contributed by atoms with Gasteiger partial charge in [-0.05, 0) is 12.1 Å². The number of hydrogen-bond donors (Lipinski definition) is 1. The normalized spacial score (nSPS) is 13.8. The van der Waals surface area contributed by atoms with Gasteiger partial charge in [-0.1, -0.05) is 18.7 Å². The zero-order valence-corrected chi connectivity index (χ0v) is 10.2. The number of Topliss-reactive ketones (excluding diaryl/α,β-unsaturated/α-hetero) is 1. The van der Waals surface area contributed by atoms with Crippen LogP contribution in [0.5, 0.6) is 0 Å². The van der Waals surface area contributed by atoms with E-state index in [-0.39, 0.29) is 11.7 Å². The molecule has 2 rings (SSSR count). The van der Waals surface area contributed by atoms with Gasteiger partial charge in [0, 0.05) is 18.1 Å². The largest absolute Gasteiger partial charge is 0.496 e. The molecule has 1 aromatic carbocycles. The highest BCUT2D eigenvalue weighted by Crippen LogP contribution is 2.33. The van der Waals surface area contributed by atoms with Crippen LogP contribution in [0.15, 0.2) is 36.4 Å². The molecule has 0 heterocycles. The number of benzene rings is 1. The lowest BCUT2D eigenvalue weighted by Crippen LogP contribution is -2.16. The van der Waals surface area contributed by atoms with Crippen molar-refractivity contribution in [1.82, 2.24) is 0 Å². The number of anilines is 1. The van der Waals surface area contributed by atoms with Gasteiger partial charge in [0.05, 0.1) is 18.4 Å². The fourth-order valence-electron chi connectivity index (χ4n) is 1.93. The lowest BCUT2D eigenvalue weighted by molar-refractivity contribution is -0.114. The summed E-state index contributed by atoms with van der Waals surface area (Å²) in [5.41, 5.74) is 1.92. The maximum absolute atomic E-state index is 12.1. The highest BCUT2D eigenvalue weighted by atomic mass is 16.5. The highest BCUT2D eigenvalue weighted by molar-refractivity contribution is 6.19. The second-order valence-corrected chi connectivity index (χ2v) is 3.98. The molecule has 0 spiro atoms. The van der Waals surface area contributed by atoms with Gasteiger partial charge in [-0.3, -0.25) is 9.59 Å². The molecule has 0 atom stereocenters. The number of fused-ring (bicyclic) bond motifs is 1. The van der Waals surface area contributed by atoms with Gasteiger partial charge in [-0.15, -0.1) is 0 Å². The number of methoxy groups -OCH3 is 1. The summed E-state index contributed by atoms with van der Waals surface area (Å²) < 4.78 is 5.23. The first-order valence-corrected chi connectivity index (χ1v) is 5.45. The summed E-state index contributed by atoms with van der Waals surface area (Å²) in [7, 11) is 1.53. The Bertz CT molecular complexity index is 585. The van der Waals surface area contributed by atoms with Crippen LogP contribution in [0.1, 0.15) is 22.8 Å². The van der Waals surface area contributed by atoms with Crippen molar-refractivity contribution in [2.45, 2.75) is 6.92 Å². The Kier molecular flexibility index (Phi) is 3.02. The topological polar surface area (TPSA) is 55.4 Å². The number of ether oxygens (including phenoxy) is 1. The summed E-state index contributed by atoms with van der Waals surface area (Å²) in [4.78, 5) is 23.3. The molecule has 0 radical (unpaired) electrons. The number of allylic oxidation sites excluding steroid dienone is 2. The van der Waals surface area contributed by atoms with Gasteiger partial charge < -0.3 is 10.1 Å². The van der Waals surface area contributed by atoms with Crippen molar-refractivity contribution in [3.8, 4) is 0 Å². The van der Waals surface area contributed by atoms with Gasteiger partial charge in [0.15, 0.2) is 5.78 Å². The third-order valence-corrected chi connectivity index (χ3v) is 2.68. The van der Waals surface area contributed by atoms with Crippen LogP contribution in [0.2, 0.25) is 0 Å². The van der Waals surface area contributed by atoms with Crippen molar-refractivity contribution >= 4 is 23.1 Å². The molecule has 1 aliphatic rings. The smallest absolute Gasteiger partial charge is 0.221 e. The second kappa shape index (κ2) is 4.49. The van der Waals surface area contributed by atoms with Gasteiger partial charge in [0.1, 0.15) is 5.76 Å². The molecule has 1 aromatic rings. The van der Waals surface area contributed by atoms with E-state index in [1.54, 1.807) is 24.3 Å². The highest BCUT2D eigenvalue weighted by Gasteiger charge is 2.25. The zero-order valence-electron chi connectivity index (χ0n) is 10.2. The number of hydrogen-bond acceptors (Lipinski definition) is 3. The first-order valence-electron chi connectivity index (χ1n) is 5.45. The minimum Gasteiger partial charge on any atom is -0.496 e. The number of amides is 1. The van der Waals surface area contributed by atoms with Gasteiger partial charge in [0.25, 0.3) is 0 Å². The van der Waals surface area contributed by atoms with Crippen LogP contribution in [0.3, 0.4) is 0 Å². The molecular weight excluding hydrogens is 230 g/mol. The van der Waals surface area contributed by atoms with Gasteiger partial charge in [0.2, 0.25) is 5.91 Å². The van der Waals surface area contributed by atoms with Crippen LogP contribution >= 0.6 is 0 Å². The molecule has 92 valence electrons. The van der Waals surface area contributed by atoms with Crippen LogP contribution in [0, 0.1) is 0 Å². The Labute approximate surface area is 105 Å². The minimum atomic E-state index is -0.227. The lowest BCUT2D eigenvalue weighted by atomic mass is 9.90. The maximum Gasteiger partial charge on any atom is 0.221 e. The fraction of sp³-hybridized carbons (Fsp3) is 0.143. The summed E-state index contributed by atoms with van der Waals surface area (Å²) >= 11 is 0. The first kappa shape index (κ1) is 12.1. The molecule has 4 heteroatoms. The molecule has 0 saturated heterocycles. The Morgan fingerprint density at radius 3 is 2.72 bits per heavy atom. The standard InChI is InChI=1S/C14H13NO3/c1-8-7-12(18-3)10-5-4-6-11(15-9(2)16)13(10)14(8)17/h4-7H,1H2,2-3H3,(H,15,16). The fourth-order valence-corrected chi connectivity index (χ4v) is 1.93. The van der Waals surface area contributed by atoms with Crippen molar-refractivity contribution in [2.24, 2.45) is 0 Å². The van der Waals surface area contributed by atoms with Crippen LogP contribution < -0.4 is 5.32 Å². The molecule has 1 aliphatic carbocycles. The van der Waals surface area contributed by atoms with E-state index in [9.17, 15) is 9.59 Å². The molecule has 0 saturated carbocycles. The number of carbonyl (C=O) groups excluding carboxylic acids is 2. The van der Waals surface area contributed by atoms with Crippen molar-refractivity contribution in [3.63, 3.8) is 0 Å². The van der Waals surface area contributed by atoms with Crippen LogP contribution in [-0.4, -0.2) is 18.8 Å². The summed E-state index contributed by atoms with van der Waals surface area (Å²) in [5, 5.41) is 2.64. The van der Waals surface area contributed by atoms with Gasteiger partial charge >= 0.3 is 0 Å². The lowest BCUT2D eigenvalue weighted by Gasteiger charge is -2.20. The number of carbonyl (C=O) groups is 2. The molecule has 0 aromatic heterocycles. The molecule has 0 bridgehead atoms. The molecule has 1 amide bonds. The van der Waals surface area contributed by atoms with Crippen molar-refractivity contribution < 1.29 is 14.3 Å². The molecular formula is C14H13NO3. The predicted octanol–water partition coefficient (Wildman–Crippen LogP) is 2.38. The van der Waals surface area contributed by atoms with E-state index in [2.05, 4.69) is 11.9 Å². The summed E-state index contributed by atoms with van der Waals surface area (Å²) in [6.45, 7) is 5.09. The third-order valence-electron chi connectivity index (χ3n) is 2.68. The van der Waals surface area contributed by atoms with Crippen molar-refractivity contribution in [1.29, 1.82) is 0 Å². The molecule has 4 nitrogen and oxygen atoms in total. The van der Waals surface area contributed by atoms with E-state index in [0.717, 1.165) is 0 Å². The minimum absolute atomic E-state index is 0.199. The average molecular weight is 243 g/mol. The van der Waals surface area contributed by atoms with E-state index in [0.29, 0.717) is 28.1 Å². The van der Waals surface area contributed by atoms with E-state index in [1.165, 1.54) is 14.0 Å². The Balaban J connectivity index is 2.64. The number of rotatable bonds is 2. The van der Waals surface area contributed by atoms with Gasteiger partial charge in [-0.25, -0.2) is 0 Å². The summed E-state index contributed by atoms with van der Waals surface area (Å²) in [6, 6.07) is 5.22. The Morgan fingerprint density at radius 2 is 2.11 bits per heavy atom. The molecule has 0 aliphatic heterocycles. The number of ketones is 1. The quantitative estimate of drug-likeness (QED) is 0.811. The van der Waals surface area contributed by atoms with Crippen LogP contribution in [0.25, 0.3) is 5.76 Å². The van der Waals surface area contributed by atoms with Crippen LogP contribution in [0.4, 0.5) is 5.69 Å².